The van der Waals surface area contributed by atoms with Gasteiger partial charge in [0, 0.05) is 36.4 Å². The molecule has 0 unspecified atom stereocenters. The summed E-state index contributed by atoms with van der Waals surface area (Å²) in [4.78, 5) is 20.3. The molecule has 2 atom stereocenters. The summed E-state index contributed by atoms with van der Waals surface area (Å²) in [6, 6.07) is 11.0. The number of aromatic nitrogens is 2. The van der Waals surface area contributed by atoms with E-state index in [1.807, 2.05) is 63.3 Å². The van der Waals surface area contributed by atoms with E-state index in [1.54, 1.807) is 13.0 Å². The Balaban J connectivity index is 1.61. The monoisotopic (exact) mass is 769 g/mol. The van der Waals surface area contributed by atoms with Gasteiger partial charge in [-0.1, -0.05) is 29.8 Å². The molecule has 1 N–H and O–H groups in total. The van der Waals surface area contributed by atoms with Gasteiger partial charge in [-0.15, -0.1) is 0 Å². The second-order valence-electron chi connectivity index (χ2n) is 14.9. The zero-order valence-electron chi connectivity index (χ0n) is 29.8. The van der Waals surface area contributed by atoms with Crippen LogP contribution in [-0.2, 0) is 14.3 Å². The summed E-state index contributed by atoms with van der Waals surface area (Å²) in [7, 11) is 0. The molecule has 0 spiro atoms. The van der Waals surface area contributed by atoms with Crippen LogP contribution in [0.3, 0.4) is 0 Å². The number of carboxylic acids is 1. The Morgan fingerprint density at radius 3 is 2.54 bits per heavy atom. The van der Waals surface area contributed by atoms with Gasteiger partial charge < -0.3 is 24.2 Å². The van der Waals surface area contributed by atoms with E-state index < -0.39 is 17.7 Å². The molecule has 0 radical (unpaired) electrons. The Morgan fingerprint density at radius 2 is 1.86 bits per heavy atom. The third-order valence-corrected chi connectivity index (χ3v) is 11.1. The smallest absolute Gasteiger partial charge is 0.337 e. The normalized spacial score (nSPS) is 20.8. The van der Waals surface area contributed by atoms with Crippen LogP contribution in [0.25, 0.3) is 28.0 Å². The van der Waals surface area contributed by atoms with Crippen molar-refractivity contribution >= 4 is 45.0 Å². The van der Waals surface area contributed by atoms with Crippen molar-refractivity contribution in [3.63, 3.8) is 0 Å². The van der Waals surface area contributed by atoms with Crippen molar-refractivity contribution in [1.29, 1.82) is 0 Å². The lowest BCUT2D eigenvalue weighted by Crippen LogP contribution is -2.45. The first-order chi connectivity index (χ1) is 23.6. The Labute approximate surface area is 307 Å². The van der Waals surface area contributed by atoms with Gasteiger partial charge in [0.25, 0.3) is 0 Å². The number of aryl methyl sites for hydroxylation is 1. The summed E-state index contributed by atoms with van der Waals surface area (Å²) < 4.78 is 36.8. The van der Waals surface area contributed by atoms with E-state index in [1.165, 1.54) is 6.07 Å². The minimum atomic E-state index is -1.27. The summed E-state index contributed by atoms with van der Waals surface area (Å²) in [6.07, 6.45) is 2.78. The number of aliphatic carboxylic acids is 1. The van der Waals surface area contributed by atoms with E-state index in [9.17, 15) is 9.90 Å². The van der Waals surface area contributed by atoms with Crippen LogP contribution in [0.2, 0.25) is 5.15 Å². The van der Waals surface area contributed by atoms with Crippen LogP contribution in [0.15, 0.2) is 40.9 Å². The number of piperidine rings is 1. The SMILES string of the molecule is Cc1cc2c(cc1F)-c1cccc(c1)-c1nc3c(Br)c(C)c([C@H](OC(C)(C)C)C(=O)O)c(n3c1Cl)N1CCC(C)(CC1)OCCCC[C@@H](C)O2. The highest BCUT2D eigenvalue weighted by molar-refractivity contribution is 9.10. The van der Waals surface area contributed by atoms with Crippen molar-refractivity contribution in [1.82, 2.24) is 9.38 Å². The predicted octanol–water partition coefficient (Wildman–Crippen LogP) is 10.1. The van der Waals surface area contributed by atoms with Crippen LogP contribution in [0.1, 0.15) is 89.5 Å². The molecule has 7 rings (SSSR count). The third-order valence-electron chi connectivity index (χ3n) is 9.77. The fourth-order valence-electron chi connectivity index (χ4n) is 6.99. The maximum Gasteiger partial charge on any atom is 0.337 e. The van der Waals surface area contributed by atoms with Crippen molar-refractivity contribution in [3.8, 4) is 28.1 Å². The number of anilines is 1. The molecule has 1 fully saturated rings. The number of rotatable bonds is 3. The highest BCUT2D eigenvalue weighted by atomic mass is 79.9. The van der Waals surface area contributed by atoms with Gasteiger partial charge in [-0.3, -0.25) is 4.40 Å². The number of fused-ring (bicyclic) bond motifs is 8. The topological polar surface area (TPSA) is 85.5 Å². The first-order valence-corrected chi connectivity index (χ1v) is 18.5. The lowest BCUT2D eigenvalue weighted by molar-refractivity contribution is -0.160. The van der Waals surface area contributed by atoms with Gasteiger partial charge in [0.1, 0.15) is 28.2 Å². The Morgan fingerprint density at radius 1 is 1.16 bits per heavy atom. The zero-order valence-corrected chi connectivity index (χ0v) is 32.2. The van der Waals surface area contributed by atoms with Crippen molar-refractivity contribution in [2.45, 2.75) is 104 Å². The molecule has 2 aromatic carbocycles. The third kappa shape index (κ3) is 7.27. The van der Waals surface area contributed by atoms with Crippen molar-refractivity contribution in [3.05, 3.63) is 68.5 Å². The molecule has 5 heterocycles. The number of ether oxygens (including phenoxy) is 3. The molecule has 2 aromatic heterocycles. The summed E-state index contributed by atoms with van der Waals surface area (Å²) in [5.74, 6) is -0.160. The fraction of sp³-hybridized carbons (Fsp3) is 0.487. The molecule has 3 aliphatic heterocycles. The molecular weight excluding hydrogens is 725 g/mol. The molecule has 3 aliphatic rings. The average Bonchev–Trinajstić information content (AvgIpc) is 3.39. The summed E-state index contributed by atoms with van der Waals surface area (Å²) >= 11 is 11.1. The van der Waals surface area contributed by atoms with Crippen molar-refractivity contribution < 1.29 is 28.5 Å². The van der Waals surface area contributed by atoms with E-state index >= 15 is 4.39 Å². The van der Waals surface area contributed by atoms with E-state index in [2.05, 4.69) is 27.8 Å². The highest BCUT2D eigenvalue weighted by Crippen LogP contribution is 2.45. The van der Waals surface area contributed by atoms with E-state index in [0.29, 0.717) is 74.5 Å². The van der Waals surface area contributed by atoms with E-state index in [0.717, 1.165) is 43.2 Å². The van der Waals surface area contributed by atoms with E-state index in [-0.39, 0.29) is 17.5 Å². The molecule has 6 bridgehead atoms. The summed E-state index contributed by atoms with van der Waals surface area (Å²) in [5.41, 5.74) is 3.85. The summed E-state index contributed by atoms with van der Waals surface area (Å²) in [5, 5.41) is 10.9. The fourth-order valence-corrected chi connectivity index (χ4v) is 7.78. The van der Waals surface area contributed by atoms with Crippen LogP contribution in [-0.4, -0.2) is 57.5 Å². The maximum atomic E-state index is 15.1. The lowest BCUT2D eigenvalue weighted by atomic mass is 9.92. The second-order valence-corrected chi connectivity index (χ2v) is 16.1. The second kappa shape index (κ2) is 14.1. The van der Waals surface area contributed by atoms with Gasteiger partial charge in [0.2, 0.25) is 0 Å². The number of nitrogens with zero attached hydrogens (tertiary/aromatic N) is 3. The Bertz CT molecular complexity index is 1930. The van der Waals surface area contributed by atoms with Crippen LogP contribution in [0, 0.1) is 19.7 Å². The zero-order chi connectivity index (χ0) is 36.1. The number of pyridine rings is 1. The van der Waals surface area contributed by atoms with Crippen LogP contribution < -0.4 is 9.64 Å². The van der Waals surface area contributed by atoms with Crippen molar-refractivity contribution in [2.24, 2.45) is 0 Å². The molecule has 268 valence electrons. The number of benzene rings is 2. The first-order valence-electron chi connectivity index (χ1n) is 17.3. The number of carboxylic acid groups (broad SMARTS) is 1. The van der Waals surface area contributed by atoms with Gasteiger partial charge >= 0.3 is 5.97 Å². The lowest BCUT2D eigenvalue weighted by Gasteiger charge is -2.42. The molecular formula is C39H46BrClFN3O5. The minimum Gasteiger partial charge on any atom is -0.490 e. The maximum absolute atomic E-state index is 15.1. The van der Waals surface area contributed by atoms with Gasteiger partial charge in [0.05, 0.1) is 21.8 Å². The first kappa shape index (κ1) is 36.6. The Hall–Kier alpha value is -3.18. The highest BCUT2D eigenvalue weighted by Gasteiger charge is 2.39. The molecule has 50 heavy (non-hydrogen) atoms. The molecule has 0 saturated carbocycles. The predicted molar refractivity (Wildman–Crippen MR) is 199 cm³/mol. The average molecular weight is 771 g/mol. The van der Waals surface area contributed by atoms with Crippen molar-refractivity contribution in [2.75, 3.05) is 24.6 Å². The molecule has 4 aromatic rings. The molecule has 0 amide bonds. The van der Waals surface area contributed by atoms with Crippen LogP contribution in [0.5, 0.6) is 5.75 Å². The minimum absolute atomic E-state index is 0.0794. The number of halogens is 3. The van der Waals surface area contributed by atoms with Gasteiger partial charge in [-0.25, -0.2) is 14.2 Å². The standard InChI is InChI=1S/C39H46BrClFN3O5/c1-22-19-29-27(21-28(22)42)25-12-10-13-26(20-25)32-34(41)45-35(43-32)31(40)24(3)30(33(37(46)47)50-38(4,5)6)36(45)44-16-14-39(7,15-17-44)48-18-9-8-11-23(2)49-29/h10,12-13,19-21,23,33H,8-9,11,14-18H2,1-7H3,(H,46,47)/t23-,33+/m1/s1. The van der Waals surface area contributed by atoms with Gasteiger partial charge in [-0.05, 0) is 131 Å². The molecule has 8 nitrogen and oxygen atoms in total. The number of carbonyl (C=O) groups is 1. The largest absolute Gasteiger partial charge is 0.490 e. The van der Waals surface area contributed by atoms with Crippen LogP contribution in [0.4, 0.5) is 10.2 Å². The quantitative estimate of drug-likeness (QED) is 0.222. The number of hydrogen-bond donors (Lipinski definition) is 1. The van der Waals surface area contributed by atoms with Gasteiger partial charge in [-0.2, -0.15) is 0 Å². The Kier molecular flexibility index (Phi) is 10.3. The molecule has 0 aliphatic carbocycles. The van der Waals surface area contributed by atoms with Gasteiger partial charge in [0.15, 0.2) is 11.8 Å². The molecule has 11 heteroatoms. The number of hydrogen-bond acceptors (Lipinski definition) is 6. The van der Waals surface area contributed by atoms with Crippen LogP contribution >= 0.6 is 27.5 Å². The van der Waals surface area contributed by atoms with E-state index in [4.69, 9.17) is 30.8 Å². The number of imidazole rings is 1. The molecule has 1 saturated heterocycles. The summed E-state index contributed by atoms with van der Waals surface area (Å²) in [6.45, 7) is 15.2.